The Bertz CT molecular complexity index is 2190. The van der Waals surface area contributed by atoms with E-state index in [0.717, 1.165) is 44.3 Å². The van der Waals surface area contributed by atoms with Crippen molar-refractivity contribution in [3.8, 4) is 0 Å². The summed E-state index contributed by atoms with van der Waals surface area (Å²) in [5.41, 5.74) is 8.87. The normalized spacial score (nSPS) is 16.0. The summed E-state index contributed by atoms with van der Waals surface area (Å²) in [6.45, 7) is 12.9. The van der Waals surface area contributed by atoms with Gasteiger partial charge in [-0.05, 0) is 74.1 Å². The Kier molecular flexibility index (Phi) is 10.8. The first kappa shape index (κ1) is 37.4. The molecule has 8 bridgehead atoms. The molecule has 3 aromatic heterocycles. The van der Waals surface area contributed by atoms with Gasteiger partial charge in [0, 0.05) is 63.7 Å². The Morgan fingerprint density at radius 3 is 2.31 bits per heavy atom. The third kappa shape index (κ3) is 7.74. The van der Waals surface area contributed by atoms with Crippen LogP contribution in [0.1, 0.15) is 96.0 Å². The van der Waals surface area contributed by atoms with Crippen molar-refractivity contribution in [2.45, 2.75) is 72.1 Å². The van der Waals surface area contributed by atoms with Gasteiger partial charge in [-0.15, -0.1) is 0 Å². The van der Waals surface area contributed by atoms with E-state index in [2.05, 4.69) is 26.4 Å². The number of carboxylic acid groups (broad SMARTS) is 2. The molecule has 14 nitrogen and oxygen atoms in total. The van der Waals surface area contributed by atoms with Gasteiger partial charge in [-0.1, -0.05) is 26.5 Å². The number of nitrogens with zero attached hydrogens (tertiary/aromatic N) is 2. The molecule has 0 unspecified atom stereocenters. The van der Waals surface area contributed by atoms with Gasteiger partial charge in [-0.3, -0.25) is 19.1 Å². The number of nitrogens with one attached hydrogen (secondary N) is 3. The minimum Gasteiger partial charge on any atom is -0.481 e. The smallest absolute Gasteiger partial charge is 0.469 e. The molecule has 0 radical (unpaired) electrons. The Labute approximate surface area is 294 Å². The van der Waals surface area contributed by atoms with Crippen molar-refractivity contribution in [1.29, 1.82) is 0 Å². The van der Waals surface area contributed by atoms with Crippen LogP contribution in [0.5, 0.6) is 0 Å². The van der Waals surface area contributed by atoms with Gasteiger partial charge in [-0.2, -0.15) is 0 Å². The number of hydrogen-bond donors (Lipinski definition) is 7. The molecule has 5 rings (SSSR count). The van der Waals surface area contributed by atoms with Crippen LogP contribution >= 0.6 is 7.82 Å². The summed E-state index contributed by atoms with van der Waals surface area (Å²) in [4.78, 5) is 73.1. The number of carbonyl (C=O) groups excluding carboxylic acids is 1. The molecule has 0 saturated carbocycles. The third-order valence-corrected chi connectivity index (χ3v) is 10.2. The number of aromatic nitrogens is 4. The van der Waals surface area contributed by atoms with Gasteiger partial charge in [0.25, 0.3) is 0 Å². The quantitative estimate of drug-likeness (QED) is 0.0891. The molecule has 270 valence electrons. The number of phosphoric acid groups is 1. The molecule has 0 spiro atoms. The molecule has 0 aromatic carbocycles. The van der Waals surface area contributed by atoms with E-state index < -0.39 is 44.6 Å². The van der Waals surface area contributed by atoms with Gasteiger partial charge < -0.3 is 35.3 Å². The van der Waals surface area contributed by atoms with E-state index in [0.29, 0.717) is 29.1 Å². The molecule has 5 heterocycles. The predicted octanol–water partition coefficient (Wildman–Crippen LogP) is 5.67. The van der Waals surface area contributed by atoms with Crippen LogP contribution in [-0.2, 0) is 36.3 Å². The number of allylic oxidation sites excluding steroid dienone is 1. The van der Waals surface area contributed by atoms with E-state index >= 15 is 0 Å². The van der Waals surface area contributed by atoms with Crippen LogP contribution in [0.4, 0.5) is 0 Å². The first-order valence-electron chi connectivity index (χ1n) is 16.6. The van der Waals surface area contributed by atoms with E-state index in [9.17, 15) is 29.2 Å². The molecule has 2 aliphatic rings. The summed E-state index contributed by atoms with van der Waals surface area (Å²) in [5, 5.41) is 22.8. The number of hydrogen-bond acceptors (Lipinski definition) is 7. The van der Waals surface area contributed by atoms with Crippen molar-refractivity contribution < 1.29 is 43.5 Å². The zero-order valence-electron chi connectivity index (χ0n) is 29.1. The second kappa shape index (κ2) is 14.8. The first-order valence-corrected chi connectivity index (χ1v) is 18.1. The highest BCUT2D eigenvalue weighted by molar-refractivity contribution is 7.46. The van der Waals surface area contributed by atoms with Gasteiger partial charge >= 0.3 is 19.8 Å². The highest BCUT2D eigenvalue weighted by Crippen LogP contribution is 2.44. The Balaban J connectivity index is 1.90. The lowest BCUT2D eigenvalue weighted by Gasteiger charge is -2.18. The molecule has 2 aliphatic heterocycles. The lowest BCUT2D eigenvalue weighted by molar-refractivity contribution is -0.137. The predicted molar refractivity (Wildman–Crippen MR) is 193 cm³/mol. The van der Waals surface area contributed by atoms with Crippen LogP contribution in [-0.4, -0.2) is 70.9 Å². The zero-order chi connectivity index (χ0) is 37.4. The van der Waals surface area contributed by atoms with Crippen molar-refractivity contribution in [2.24, 2.45) is 0 Å². The van der Waals surface area contributed by atoms with Gasteiger partial charge in [0.05, 0.1) is 35.7 Å². The van der Waals surface area contributed by atoms with Gasteiger partial charge in [0.15, 0.2) is 0 Å². The van der Waals surface area contributed by atoms with Crippen molar-refractivity contribution in [3.63, 3.8) is 0 Å². The van der Waals surface area contributed by atoms with Crippen LogP contribution in [0.25, 0.3) is 39.3 Å². The summed E-state index contributed by atoms with van der Waals surface area (Å²) < 4.78 is 15.6. The fraction of sp³-hybridized carbons (Fsp3) is 0.361. The standard InChI is InChI=1S/C36H42N5O9P/c1-7-21-17(3)25-14-27-19(5)23(9-10-32(43)44)34(40-27)24(13-31(42)37-11-12-50-51(47,48)49)35-33(36(45)46)20(6)28(41-35)16-30-22(8-2)18(4)26(39-30)15-29(21)38-25/h7,14-16,19,23,38-39H,1,8-13H2,2-6H3,(H,37,42)(H,43,44)(H,45,46)(H2,47,48,49)/t19-,23-/m0/s1. The molecular formula is C36H42N5O9P. The third-order valence-electron chi connectivity index (χ3n) is 9.64. The number of aliphatic carboxylic acids is 2. The second-order valence-corrected chi connectivity index (χ2v) is 14.0. The Hall–Kier alpha value is -4.88. The lowest BCUT2D eigenvalue weighted by atomic mass is 9.84. The molecule has 3 aromatic rings. The molecule has 15 heteroatoms. The maximum atomic E-state index is 13.5. The fourth-order valence-electron chi connectivity index (χ4n) is 6.95. The number of aromatic amines is 2. The monoisotopic (exact) mass is 719 g/mol. The Morgan fingerprint density at radius 2 is 1.69 bits per heavy atom. The number of rotatable bonds is 12. The van der Waals surface area contributed by atoms with Crippen LogP contribution in [0, 0.1) is 13.8 Å². The molecule has 1 amide bonds. The van der Waals surface area contributed by atoms with Crippen LogP contribution in [0.3, 0.4) is 0 Å². The molecule has 51 heavy (non-hydrogen) atoms. The van der Waals surface area contributed by atoms with Crippen LogP contribution in [0.2, 0.25) is 0 Å². The summed E-state index contributed by atoms with van der Waals surface area (Å²) in [6.07, 6.45) is 2.01. The lowest BCUT2D eigenvalue weighted by Crippen LogP contribution is -2.29. The number of carbonyl (C=O) groups is 3. The average molecular weight is 720 g/mol. The topological polar surface area (TPSA) is 228 Å². The number of H-pyrrole nitrogens is 2. The number of carboxylic acids is 2. The van der Waals surface area contributed by atoms with Gasteiger partial charge in [-0.25, -0.2) is 14.3 Å². The number of amides is 1. The average Bonchev–Trinajstić information content (AvgIpc) is 3.73. The van der Waals surface area contributed by atoms with Crippen LogP contribution in [0.15, 0.2) is 24.8 Å². The van der Waals surface area contributed by atoms with E-state index in [1.54, 1.807) is 19.1 Å². The highest BCUT2D eigenvalue weighted by atomic mass is 31.2. The summed E-state index contributed by atoms with van der Waals surface area (Å²) in [5.74, 6) is -3.73. The largest absolute Gasteiger partial charge is 0.481 e. The molecule has 7 N–H and O–H groups in total. The minimum atomic E-state index is -4.76. The van der Waals surface area contributed by atoms with Crippen LogP contribution < -0.4 is 5.32 Å². The summed E-state index contributed by atoms with van der Waals surface area (Å²) >= 11 is 0. The highest BCUT2D eigenvalue weighted by Gasteiger charge is 2.35. The summed E-state index contributed by atoms with van der Waals surface area (Å²) in [6, 6.07) is 5.70. The molecular weight excluding hydrogens is 677 g/mol. The first-order chi connectivity index (χ1) is 24.0. The summed E-state index contributed by atoms with van der Waals surface area (Å²) in [7, 11) is -4.76. The second-order valence-electron chi connectivity index (χ2n) is 12.8. The van der Waals surface area contributed by atoms with Crippen molar-refractivity contribution in [3.05, 3.63) is 75.4 Å². The van der Waals surface area contributed by atoms with E-state index in [4.69, 9.17) is 19.8 Å². The number of aryl methyl sites for hydroxylation is 3. The number of phosphoric ester groups is 1. The molecule has 0 aliphatic carbocycles. The van der Waals surface area contributed by atoms with Gasteiger partial charge in [0.2, 0.25) is 5.91 Å². The molecule has 0 saturated heterocycles. The molecule has 0 fully saturated rings. The van der Waals surface area contributed by atoms with Crippen molar-refractivity contribution in [2.75, 3.05) is 13.2 Å². The van der Waals surface area contributed by atoms with E-state index in [1.807, 2.05) is 39.8 Å². The van der Waals surface area contributed by atoms with Gasteiger partial charge in [0.1, 0.15) is 0 Å². The fourth-order valence-corrected chi connectivity index (χ4v) is 7.28. The maximum absolute atomic E-state index is 13.5. The van der Waals surface area contributed by atoms with E-state index in [1.165, 1.54) is 0 Å². The Morgan fingerprint density at radius 1 is 1.00 bits per heavy atom. The SMILES string of the molecule is C=Cc1c(C)c2cc3nc(c(CC(=O)NCCOP(=O)(O)O)c4nc(cc5[nH]c(cc1[nH]2)c(C)c5CC)C(C)=C4C(=O)O)[C@@H](CCC(=O)O)[C@@H]3C. The minimum absolute atomic E-state index is 0.0351. The van der Waals surface area contributed by atoms with E-state index in [-0.39, 0.29) is 42.1 Å². The zero-order valence-corrected chi connectivity index (χ0v) is 30.0. The maximum Gasteiger partial charge on any atom is 0.469 e. The van der Waals surface area contributed by atoms with Crippen molar-refractivity contribution >= 4 is 65.0 Å². The number of fused-ring (bicyclic) bond motifs is 8. The van der Waals surface area contributed by atoms with Crippen molar-refractivity contribution in [1.82, 2.24) is 25.3 Å². The molecule has 2 atom stereocenters.